The number of hydrogen-bond acceptors (Lipinski definition) is 5. The van der Waals surface area contributed by atoms with Gasteiger partial charge in [0.1, 0.15) is 6.61 Å². The molecule has 2 fully saturated rings. The van der Waals surface area contributed by atoms with Crippen LogP contribution in [0.4, 0.5) is 4.79 Å². The molecule has 0 spiro atoms. The lowest BCUT2D eigenvalue weighted by Crippen LogP contribution is -2.37. The van der Waals surface area contributed by atoms with Crippen molar-refractivity contribution in [3.63, 3.8) is 0 Å². The molecule has 23 heavy (non-hydrogen) atoms. The Morgan fingerprint density at radius 2 is 1.91 bits per heavy atom. The van der Waals surface area contributed by atoms with Crippen LogP contribution in [-0.2, 0) is 26.0 Å². The SMILES string of the molecule is O=C(O)C1C2CN(C(=O)OCc3ccccc3)CC2CS1(=O)=O. The van der Waals surface area contributed by atoms with E-state index in [1.165, 1.54) is 4.90 Å². The lowest BCUT2D eigenvalue weighted by atomic mass is 9.95. The van der Waals surface area contributed by atoms with Crippen molar-refractivity contribution in [3.05, 3.63) is 35.9 Å². The topological polar surface area (TPSA) is 101 Å². The molecule has 3 rings (SSSR count). The number of carboxylic acids is 1. The van der Waals surface area contributed by atoms with Crippen LogP contribution in [0.2, 0.25) is 0 Å². The molecule has 2 saturated heterocycles. The van der Waals surface area contributed by atoms with Crippen molar-refractivity contribution in [1.82, 2.24) is 4.90 Å². The fraction of sp³-hybridized carbons (Fsp3) is 0.467. The molecule has 1 N–H and O–H groups in total. The fourth-order valence-electron chi connectivity index (χ4n) is 3.38. The van der Waals surface area contributed by atoms with E-state index in [1.807, 2.05) is 30.3 Å². The lowest BCUT2D eigenvalue weighted by Gasteiger charge is -2.18. The van der Waals surface area contributed by atoms with Gasteiger partial charge in [-0.3, -0.25) is 4.79 Å². The van der Waals surface area contributed by atoms with Gasteiger partial charge in [0.2, 0.25) is 0 Å². The van der Waals surface area contributed by atoms with Gasteiger partial charge >= 0.3 is 12.1 Å². The summed E-state index contributed by atoms with van der Waals surface area (Å²) < 4.78 is 29.0. The molecular weight excluding hydrogens is 322 g/mol. The van der Waals surface area contributed by atoms with E-state index < -0.39 is 33.1 Å². The molecule has 8 heteroatoms. The number of benzene rings is 1. The highest BCUT2D eigenvalue weighted by atomic mass is 32.2. The van der Waals surface area contributed by atoms with Crippen LogP contribution >= 0.6 is 0 Å². The van der Waals surface area contributed by atoms with Crippen molar-refractivity contribution in [1.29, 1.82) is 0 Å². The van der Waals surface area contributed by atoms with E-state index in [-0.39, 0.29) is 31.4 Å². The van der Waals surface area contributed by atoms with Gasteiger partial charge in [-0.05, 0) is 11.5 Å². The van der Waals surface area contributed by atoms with Crippen LogP contribution in [-0.4, -0.2) is 54.6 Å². The predicted molar refractivity (Wildman–Crippen MR) is 80.4 cm³/mol. The van der Waals surface area contributed by atoms with Crippen LogP contribution < -0.4 is 0 Å². The number of carboxylic acid groups (broad SMARTS) is 1. The molecule has 0 bridgehead atoms. The number of hydrogen-bond donors (Lipinski definition) is 1. The molecule has 2 aliphatic rings. The number of aliphatic carboxylic acids is 1. The van der Waals surface area contributed by atoms with E-state index in [9.17, 15) is 18.0 Å². The van der Waals surface area contributed by atoms with Crippen molar-refractivity contribution in [3.8, 4) is 0 Å². The van der Waals surface area contributed by atoms with Gasteiger partial charge in [-0.2, -0.15) is 0 Å². The van der Waals surface area contributed by atoms with E-state index in [4.69, 9.17) is 9.84 Å². The van der Waals surface area contributed by atoms with Crippen molar-refractivity contribution < 1.29 is 27.9 Å². The van der Waals surface area contributed by atoms with Gasteiger partial charge in [-0.25, -0.2) is 13.2 Å². The summed E-state index contributed by atoms with van der Waals surface area (Å²) in [5.41, 5.74) is 0.853. The fourth-order valence-corrected chi connectivity index (χ4v) is 5.69. The summed E-state index contributed by atoms with van der Waals surface area (Å²) in [5, 5.41) is 7.74. The quantitative estimate of drug-likeness (QED) is 0.872. The van der Waals surface area contributed by atoms with Crippen molar-refractivity contribution >= 4 is 21.9 Å². The van der Waals surface area contributed by atoms with E-state index in [0.717, 1.165) is 5.56 Å². The van der Waals surface area contributed by atoms with Crippen LogP contribution in [0.1, 0.15) is 5.56 Å². The number of carbonyl (C=O) groups is 2. The smallest absolute Gasteiger partial charge is 0.410 e. The Bertz CT molecular complexity index is 717. The average molecular weight is 339 g/mol. The number of amides is 1. The second-order valence-electron chi connectivity index (χ2n) is 5.96. The van der Waals surface area contributed by atoms with Gasteiger partial charge in [-0.15, -0.1) is 0 Å². The number of rotatable bonds is 3. The Morgan fingerprint density at radius 3 is 2.57 bits per heavy atom. The third kappa shape index (κ3) is 3.03. The molecule has 0 saturated carbocycles. The first kappa shape index (κ1) is 15.8. The number of nitrogens with zero attached hydrogens (tertiary/aromatic N) is 1. The van der Waals surface area contributed by atoms with Gasteiger partial charge in [0.05, 0.1) is 5.75 Å². The van der Waals surface area contributed by atoms with Crippen LogP contribution in [0.15, 0.2) is 30.3 Å². The number of fused-ring (bicyclic) bond motifs is 1. The molecule has 7 nitrogen and oxygen atoms in total. The molecule has 1 amide bonds. The maximum absolute atomic E-state index is 12.1. The Labute approximate surface area is 133 Å². The molecule has 124 valence electrons. The van der Waals surface area contributed by atoms with Crippen LogP contribution in [0.5, 0.6) is 0 Å². The predicted octanol–water partition coefficient (Wildman–Crippen LogP) is 0.753. The van der Waals surface area contributed by atoms with Gasteiger partial charge in [-0.1, -0.05) is 30.3 Å². The molecule has 2 aliphatic heterocycles. The second-order valence-corrected chi connectivity index (χ2v) is 8.12. The summed E-state index contributed by atoms with van der Waals surface area (Å²) >= 11 is 0. The second kappa shape index (κ2) is 5.84. The minimum Gasteiger partial charge on any atom is -0.480 e. The molecule has 1 aromatic rings. The summed E-state index contributed by atoms with van der Waals surface area (Å²) in [5.74, 6) is -2.40. The standard InChI is InChI=1S/C15H17NO6S/c17-14(18)13-12-7-16(6-11(12)9-23(13,20)21)15(19)22-8-10-4-2-1-3-5-10/h1-5,11-13H,6-9H2,(H,17,18). The van der Waals surface area contributed by atoms with Gasteiger partial charge < -0.3 is 14.7 Å². The monoisotopic (exact) mass is 339 g/mol. The Kier molecular flexibility index (Phi) is 4.01. The first-order valence-electron chi connectivity index (χ1n) is 7.28. The van der Waals surface area contributed by atoms with Crippen molar-refractivity contribution in [2.45, 2.75) is 11.9 Å². The first-order chi connectivity index (χ1) is 10.9. The normalized spacial score (nSPS) is 28.3. The number of sulfone groups is 1. The highest BCUT2D eigenvalue weighted by Crippen LogP contribution is 2.38. The summed E-state index contributed by atoms with van der Waals surface area (Å²) in [6.45, 7) is 0.460. The first-order valence-corrected chi connectivity index (χ1v) is 9.00. The van der Waals surface area contributed by atoms with Gasteiger partial charge in [0.25, 0.3) is 0 Å². The van der Waals surface area contributed by atoms with Crippen molar-refractivity contribution in [2.75, 3.05) is 18.8 Å². The van der Waals surface area contributed by atoms with Crippen LogP contribution in [0, 0.1) is 11.8 Å². The van der Waals surface area contributed by atoms with Gasteiger partial charge in [0.15, 0.2) is 15.1 Å². The van der Waals surface area contributed by atoms with Crippen LogP contribution in [0.25, 0.3) is 0 Å². The molecule has 0 radical (unpaired) electrons. The average Bonchev–Trinajstić information content (AvgIpc) is 2.98. The third-order valence-electron chi connectivity index (χ3n) is 4.42. The summed E-state index contributed by atoms with van der Waals surface area (Å²) in [6.07, 6.45) is -0.537. The third-order valence-corrected chi connectivity index (χ3v) is 6.64. The Balaban J connectivity index is 1.62. The summed E-state index contributed by atoms with van der Waals surface area (Å²) in [6, 6.07) is 9.20. The number of likely N-dealkylation sites (tertiary alicyclic amines) is 1. The maximum atomic E-state index is 12.1. The molecule has 0 aromatic heterocycles. The minimum atomic E-state index is -3.63. The summed E-state index contributed by atoms with van der Waals surface area (Å²) in [7, 11) is -3.63. The Hall–Kier alpha value is -2.09. The van der Waals surface area contributed by atoms with E-state index in [1.54, 1.807) is 0 Å². The molecule has 0 aliphatic carbocycles. The number of carbonyl (C=O) groups excluding carboxylic acids is 1. The van der Waals surface area contributed by atoms with E-state index >= 15 is 0 Å². The number of ether oxygens (including phenoxy) is 1. The van der Waals surface area contributed by atoms with Crippen LogP contribution in [0.3, 0.4) is 0 Å². The van der Waals surface area contributed by atoms with Crippen molar-refractivity contribution in [2.24, 2.45) is 11.8 Å². The van der Waals surface area contributed by atoms with E-state index in [0.29, 0.717) is 0 Å². The largest absolute Gasteiger partial charge is 0.480 e. The molecular formula is C15H17NO6S. The molecule has 3 unspecified atom stereocenters. The molecule has 1 aromatic carbocycles. The molecule has 2 heterocycles. The lowest BCUT2D eigenvalue weighted by molar-refractivity contribution is -0.137. The molecule has 3 atom stereocenters. The van der Waals surface area contributed by atoms with Gasteiger partial charge in [0, 0.05) is 19.0 Å². The minimum absolute atomic E-state index is 0.106. The zero-order valence-corrected chi connectivity index (χ0v) is 13.1. The zero-order valence-electron chi connectivity index (χ0n) is 12.3. The highest BCUT2D eigenvalue weighted by molar-refractivity contribution is 7.93. The maximum Gasteiger partial charge on any atom is 0.410 e. The highest BCUT2D eigenvalue weighted by Gasteiger charge is 2.55. The van der Waals surface area contributed by atoms with E-state index in [2.05, 4.69) is 0 Å². The zero-order chi connectivity index (χ0) is 16.6. The Morgan fingerprint density at radius 1 is 1.22 bits per heavy atom. The summed E-state index contributed by atoms with van der Waals surface area (Å²) in [4.78, 5) is 24.7.